The summed E-state index contributed by atoms with van der Waals surface area (Å²) in [5.74, 6) is 1.79. The van der Waals surface area contributed by atoms with Crippen molar-refractivity contribution in [3.63, 3.8) is 0 Å². The van der Waals surface area contributed by atoms with Gasteiger partial charge in [0.15, 0.2) is 0 Å². The lowest BCUT2D eigenvalue weighted by molar-refractivity contribution is 0.417. The van der Waals surface area contributed by atoms with Gasteiger partial charge in [0, 0.05) is 23.5 Å². The van der Waals surface area contributed by atoms with Crippen molar-refractivity contribution in [2.75, 3.05) is 30.2 Å². The molecular formula is C11H18N2OS. The summed E-state index contributed by atoms with van der Waals surface area (Å²) in [5.41, 5.74) is 7.44. The summed E-state index contributed by atoms with van der Waals surface area (Å²) in [6, 6.07) is 6.18. The molecule has 84 valence electrons. The lowest BCUT2D eigenvalue weighted by Crippen LogP contribution is -2.17. The Morgan fingerprint density at radius 1 is 1.53 bits per heavy atom. The number of anilines is 2. The molecule has 0 spiro atoms. The van der Waals surface area contributed by atoms with Crippen LogP contribution in [0.5, 0.6) is 5.75 Å². The summed E-state index contributed by atoms with van der Waals surface area (Å²) >= 11 is 1.82. The number of nitrogens with two attached hydrogens (primary N) is 1. The molecule has 3 N–H and O–H groups in total. The van der Waals surface area contributed by atoms with Gasteiger partial charge in [-0.15, -0.1) is 0 Å². The van der Waals surface area contributed by atoms with E-state index in [1.807, 2.05) is 30.0 Å². The summed E-state index contributed by atoms with van der Waals surface area (Å²) in [6.07, 6.45) is 2.10. The van der Waals surface area contributed by atoms with Gasteiger partial charge in [-0.3, -0.25) is 0 Å². The highest BCUT2D eigenvalue weighted by Gasteiger charge is 2.04. The smallest absolute Gasteiger partial charge is 0.143 e. The standard InChI is InChI=1S/C11H18N2OS/c1-8(7-15-3)13-9-4-5-10(12)11(6-9)14-2/h4-6,8,13H,7,12H2,1-3H3. The van der Waals surface area contributed by atoms with E-state index in [1.165, 1.54) is 0 Å². The normalized spacial score (nSPS) is 12.2. The lowest BCUT2D eigenvalue weighted by Gasteiger charge is -2.15. The lowest BCUT2D eigenvalue weighted by atomic mass is 10.2. The average Bonchev–Trinajstić information content (AvgIpc) is 2.21. The highest BCUT2D eigenvalue weighted by atomic mass is 32.2. The molecular weight excluding hydrogens is 208 g/mol. The van der Waals surface area contributed by atoms with Crippen LogP contribution in [-0.2, 0) is 0 Å². The summed E-state index contributed by atoms with van der Waals surface area (Å²) in [4.78, 5) is 0. The largest absolute Gasteiger partial charge is 0.495 e. The molecule has 0 saturated carbocycles. The van der Waals surface area contributed by atoms with E-state index in [-0.39, 0.29) is 0 Å². The molecule has 4 heteroatoms. The second-order valence-electron chi connectivity index (χ2n) is 3.46. The van der Waals surface area contributed by atoms with E-state index in [1.54, 1.807) is 7.11 Å². The van der Waals surface area contributed by atoms with Gasteiger partial charge in [-0.05, 0) is 25.3 Å². The number of ether oxygens (including phenoxy) is 1. The summed E-state index contributed by atoms with van der Waals surface area (Å²) < 4.78 is 5.16. The molecule has 0 fully saturated rings. The molecule has 0 saturated heterocycles. The zero-order valence-electron chi connectivity index (χ0n) is 9.41. The minimum absolute atomic E-state index is 0.438. The molecule has 0 aromatic heterocycles. The number of thioether (sulfide) groups is 1. The molecule has 0 heterocycles. The molecule has 15 heavy (non-hydrogen) atoms. The number of rotatable bonds is 5. The fraction of sp³-hybridized carbons (Fsp3) is 0.455. The van der Waals surface area contributed by atoms with E-state index in [9.17, 15) is 0 Å². The van der Waals surface area contributed by atoms with Crippen LogP contribution in [0.1, 0.15) is 6.92 Å². The van der Waals surface area contributed by atoms with Crippen molar-refractivity contribution in [3.05, 3.63) is 18.2 Å². The fourth-order valence-electron chi connectivity index (χ4n) is 1.38. The van der Waals surface area contributed by atoms with Crippen LogP contribution in [0.25, 0.3) is 0 Å². The molecule has 0 aliphatic carbocycles. The van der Waals surface area contributed by atoms with Crippen LogP contribution in [0.2, 0.25) is 0 Å². The van der Waals surface area contributed by atoms with Crippen LogP contribution in [0.4, 0.5) is 11.4 Å². The third-order valence-corrected chi connectivity index (χ3v) is 2.90. The van der Waals surface area contributed by atoms with Gasteiger partial charge in [-0.25, -0.2) is 0 Å². The van der Waals surface area contributed by atoms with Crippen molar-refractivity contribution in [3.8, 4) is 5.75 Å². The highest BCUT2D eigenvalue weighted by molar-refractivity contribution is 7.98. The van der Waals surface area contributed by atoms with Gasteiger partial charge < -0.3 is 15.8 Å². The molecule has 1 aromatic rings. The quantitative estimate of drug-likeness (QED) is 0.757. The number of hydrogen-bond acceptors (Lipinski definition) is 4. The number of nitrogens with one attached hydrogen (secondary N) is 1. The molecule has 1 atom stereocenters. The Morgan fingerprint density at radius 3 is 2.87 bits per heavy atom. The highest BCUT2D eigenvalue weighted by Crippen LogP contribution is 2.25. The first kappa shape index (κ1) is 12.0. The van der Waals surface area contributed by atoms with Crippen molar-refractivity contribution in [1.29, 1.82) is 0 Å². The maximum Gasteiger partial charge on any atom is 0.143 e. The second kappa shape index (κ2) is 5.75. The Balaban J connectivity index is 2.69. The van der Waals surface area contributed by atoms with Crippen LogP contribution < -0.4 is 15.8 Å². The van der Waals surface area contributed by atoms with Gasteiger partial charge >= 0.3 is 0 Å². The Labute approximate surface area is 95.4 Å². The Hall–Kier alpha value is -1.03. The topological polar surface area (TPSA) is 47.3 Å². The number of methoxy groups -OCH3 is 1. The first-order valence-corrected chi connectivity index (χ1v) is 6.25. The predicted molar refractivity (Wildman–Crippen MR) is 68.9 cm³/mol. The fourth-order valence-corrected chi connectivity index (χ4v) is 1.96. The van der Waals surface area contributed by atoms with E-state index in [0.717, 1.165) is 17.2 Å². The van der Waals surface area contributed by atoms with Crippen molar-refractivity contribution in [1.82, 2.24) is 0 Å². The maximum absolute atomic E-state index is 5.73. The Morgan fingerprint density at radius 2 is 2.27 bits per heavy atom. The van der Waals surface area contributed by atoms with Crippen molar-refractivity contribution < 1.29 is 4.74 Å². The Kier molecular flexibility index (Phi) is 4.62. The molecule has 3 nitrogen and oxygen atoms in total. The molecule has 0 radical (unpaired) electrons. The summed E-state index contributed by atoms with van der Waals surface area (Å²) in [7, 11) is 1.63. The van der Waals surface area contributed by atoms with Gasteiger partial charge in [0.2, 0.25) is 0 Å². The third kappa shape index (κ3) is 3.55. The molecule has 1 rings (SSSR count). The summed E-state index contributed by atoms with van der Waals surface area (Å²) in [5, 5.41) is 3.39. The maximum atomic E-state index is 5.73. The van der Waals surface area contributed by atoms with Gasteiger partial charge in [0.25, 0.3) is 0 Å². The second-order valence-corrected chi connectivity index (χ2v) is 4.37. The minimum Gasteiger partial charge on any atom is -0.495 e. The van der Waals surface area contributed by atoms with Crippen molar-refractivity contribution in [2.24, 2.45) is 0 Å². The van der Waals surface area contributed by atoms with E-state index in [0.29, 0.717) is 11.7 Å². The van der Waals surface area contributed by atoms with Gasteiger partial charge in [-0.1, -0.05) is 0 Å². The zero-order chi connectivity index (χ0) is 11.3. The molecule has 0 aliphatic rings. The molecule has 1 unspecified atom stereocenters. The van der Waals surface area contributed by atoms with Gasteiger partial charge in [0.1, 0.15) is 5.75 Å². The first-order chi connectivity index (χ1) is 7.17. The third-order valence-electron chi connectivity index (χ3n) is 2.06. The SMILES string of the molecule is COc1cc(NC(C)CSC)ccc1N. The molecule has 0 amide bonds. The zero-order valence-corrected chi connectivity index (χ0v) is 10.2. The van der Waals surface area contributed by atoms with E-state index in [2.05, 4.69) is 18.5 Å². The van der Waals surface area contributed by atoms with Gasteiger partial charge in [-0.2, -0.15) is 11.8 Å². The average molecular weight is 226 g/mol. The number of nitrogen functional groups attached to an aromatic ring is 1. The predicted octanol–water partition coefficient (Wildman–Crippen LogP) is 2.44. The minimum atomic E-state index is 0.438. The van der Waals surface area contributed by atoms with Crippen LogP contribution in [0.3, 0.4) is 0 Å². The number of hydrogen-bond donors (Lipinski definition) is 2. The van der Waals surface area contributed by atoms with Crippen LogP contribution in [0.15, 0.2) is 18.2 Å². The molecule has 1 aromatic carbocycles. The molecule has 0 bridgehead atoms. The van der Waals surface area contributed by atoms with Crippen molar-refractivity contribution in [2.45, 2.75) is 13.0 Å². The van der Waals surface area contributed by atoms with Gasteiger partial charge in [0.05, 0.1) is 12.8 Å². The van der Waals surface area contributed by atoms with Crippen LogP contribution in [0, 0.1) is 0 Å². The monoisotopic (exact) mass is 226 g/mol. The van der Waals surface area contributed by atoms with E-state index < -0.39 is 0 Å². The summed E-state index contributed by atoms with van der Waals surface area (Å²) in [6.45, 7) is 2.15. The van der Waals surface area contributed by atoms with E-state index in [4.69, 9.17) is 10.5 Å². The van der Waals surface area contributed by atoms with E-state index >= 15 is 0 Å². The van der Waals surface area contributed by atoms with Crippen molar-refractivity contribution >= 4 is 23.1 Å². The van der Waals surface area contributed by atoms with Crippen LogP contribution in [-0.4, -0.2) is 25.2 Å². The first-order valence-electron chi connectivity index (χ1n) is 4.86. The number of benzene rings is 1. The molecule has 0 aliphatic heterocycles. The Bertz CT molecular complexity index is 317. The van der Waals surface area contributed by atoms with Crippen LogP contribution >= 0.6 is 11.8 Å².